The fraction of sp³-hybridized carbons (Fsp3) is 0.0909. The lowest BCUT2D eigenvalue weighted by atomic mass is 10.1. The first-order chi connectivity index (χ1) is 13.7. The molecular formula is C22H17NO4S. The van der Waals surface area contributed by atoms with Crippen LogP contribution >= 0.6 is 11.8 Å². The predicted octanol–water partition coefficient (Wildman–Crippen LogP) is 4.51. The molecule has 1 aliphatic rings. The molecule has 0 fully saturated rings. The molecule has 0 unspecified atom stereocenters. The molecule has 1 aromatic heterocycles. The first-order valence-corrected chi connectivity index (χ1v) is 9.66. The van der Waals surface area contributed by atoms with Crippen molar-refractivity contribution in [2.45, 2.75) is 5.75 Å². The second-order valence-corrected chi connectivity index (χ2v) is 7.04. The van der Waals surface area contributed by atoms with Gasteiger partial charge in [0.15, 0.2) is 0 Å². The Morgan fingerprint density at radius 3 is 2.39 bits per heavy atom. The maximum Gasteiger partial charge on any atom is 0.272 e. The smallest absolute Gasteiger partial charge is 0.272 e. The zero-order valence-corrected chi connectivity index (χ0v) is 15.9. The van der Waals surface area contributed by atoms with E-state index in [9.17, 15) is 9.59 Å². The summed E-state index contributed by atoms with van der Waals surface area (Å²) >= 11 is 1.30. The molecule has 0 aliphatic carbocycles. The van der Waals surface area contributed by atoms with Gasteiger partial charge in [0.05, 0.1) is 35.3 Å². The van der Waals surface area contributed by atoms with Crippen LogP contribution in [0.2, 0.25) is 0 Å². The van der Waals surface area contributed by atoms with E-state index >= 15 is 0 Å². The van der Waals surface area contributed by atoms with Crippen LogP contribution in [0.25, 0.3) is 5.57 Å². The predicted molar refractivity (Wildman–Crippen MR) is 109 cm³/mol. The third kappa shape index (κ3) is 3.23. The van der Waals surface area contributed by atoms with Gasteiger partial charge >= 0.3 is 0 Å². The average molecular weight is 391 g/mol. The first-order valence-electron chi connectivity index (χ1n) is 8.67. The molecule has 5 nitrogen and oxygen atoms in total. The molecular weight excluding hydrogens is 374 g/mol. The van der Waals surface area contributed by atoms with Gasteiger partial charge in [-0.05, 0) is 29.8 Å². The number of furan rings is 1. The zero-order chi connectivity index (χ0) is 19.5. The van der Waals surface area contributed by atoms with Crippen molar-refractivity contribution in [1.82, 2.24) is 0 Å². The van der Waals surface area contributed by atoms with Crippen LogP contribution < -0.4 is 9.64 Å². The van der Waals surface area contributed by atoms with Crippen molar-refractivity contribution in [1.29, 1.82) is 0 Å². The van der Waals surface area contributed by atoms with Gasteiger partial charge in [-0.15, -0.1) is 11.8 Å². The van der Waals surface area contributed by atoms with Crippen LogP contribution in [-0.2, 0) is 15.3 Å². The lowest BCUT2D eigenvalue weighted by Gasteiger charge is -2.18. The van der Waals surface area contributed by atoms with Gasteiger partial charge in [0, 0.05) is 0 Å². The number of carbonyl (C=O) groups excluding carboxylic acids is 2. The minimum absolute atomic E-state index is 0.357. The van der Waals surface area contributed by atoms with Gasteiger partial charge in [0.25, 0.3) is 11.8 Å². The Kier molecular flexibility index (Phi) is 5.04. The van der Waals surface area contributed by atoms with E-state index in [0.717, 1.165) is 5.76 Å². The molecule has 4 rings (SSSR count). The van der Waals surface area contributed by atoms with E-state index in [4.69, 9.17) is 9.15 Å². The number of nitrogens with zero attached hydrogens (tertiary/aromatic N) is 1. The number of thioether (sulfide) groups is 1. The summed E-state index contributed by atoms with van der Waals surface area (Å²) in [4.78, 5) is 28.2. The Morgan fingerprint density at radius 2 is 1.68 bits per heavy atom. The Hall–Kier alpha value is -3.25. The molecule has 0 radical (unpaired) electrons. The standard InChI is InChI=1S/C22H17NO4S/c1-26-18-12-6-5-11-17(18)23-21(24)19(15-8-3-2-4-9-15)20(22(23)25)28-14-16-10-7-13-27-16/h2-13H,14H2,1H3. The minimum Gasteiger partial charge on any atom is -0.495 e. The summed E-state index contributed by atoms with van der Waals surface area (Å²) in [6, 6.07) is 19.9. The van der Waals surface area contributed by atoms with Crippen LogP contribution in [0.15, 0.2) is 82.3 Å². The van der Waals surface area contributed by atoms with E-state index in [0.29, 0.717) is 33.2 Å². The summed E-state index contributed by atoms with van der Waals surface area (Å²) in [7, 11) is 1.52. The van der Waals surface area contributed by atoms with E-state index in [1.165, 1.54) is 23.8 Å². The molecule has 28 heavy (non-hydrogen) atoms. The highest BCUT2D eigenvalue weighted by Gasteiger charge is 2.41. The largest absolute Gasteiger partial charge is 0.495 e. The highest BCUT2D eigenvalue weighted by atomic mass is 32.2. The van der Waals surface area contributed by atoms with Crippen LogP contribution in [0.4, 0.5) is 5.69 Å². The maximum atomic E-state index is 13.3. The van der Waals surface area contributed by atoms with E-state index in [-0.39, 0.29) is 11.8 Å². The quantitative estimate of drug-likeness (QED) is 0.579. The van der Waals surface area contributed by atoms with Crippen molar-refractivity contribution < 1.29 is 18.7 Å². The van der Waals surface area contributed by atoms with Gasteiger partial charge in [-0.25, -0.2) is 4.90 Å². The molecule has 3 aromatic rings. The highest BCUT2D eigenvalue weighted by molar-refractivity contribution is 8.03. The fourth-order valence-electron chi connectivity index (χ4n) is 3.07. The van der Waals surface area contributed by atoms with Crippen LogP contribution in [0.1, 0.15) is 11.3 Å². The van der Waals surface area contributed by atoms with Gasteiger partial charge < -0.3 is 9.15 Å². The molecule has 2 amide bonds. The third-order valence-electron chi connectivity index (χ3n) is 4.37. The van der Waals surface area contributed by atoms with Gasteiger partial charge in [0.2, 0.25) is 0 Å². The first kappa shape index (κ1) is 18.1. The normalized spacial score (nSPS) is 14.1. The Bertz CT molecular complexity index is 1040. The van der Waals surface area contributed by atoms with Crippen molar-refractivity contribution in [2.24, 2.45) is 0 Å². The molecule has 0 spiro atoms. The van der Waals surface area contributed by atoms with Gasteiger partial charge in [-0.3, -0.25) is 9.59 Å². The molecule has 0 bridgehead atoms. The van der Waals surface area contributed by atoms with Crippen LogP contribution in [-0.4, -0.2) is 18.9 Å². The number of benzene rings is 2. The monoisotopic (exact) mass is 391 g/mol. The number of para-hydroxylation sites is 2. The van der Waals surface area contributed by atoms with Gasteiger partial charge in [0.1, 0.15) is 11.5 Å². The molecule has 2 aromatic carbocycles. The lowest BCUT2D eigenvalue weighted by Crippen LogP contribution is -2.31. The number of imide groups is 1. The van der Waals surface area contributed by atoms with Crippen LogP contribution in [0.5, 0.6) is 5.75 Å². The second-order valence-electron chi connectivity index (χ2n) is 6.06. The third-order valence-corrected chi connectivity index (χ3v) is 5.47. The number of methoxy groups -OCH3 is 1. The molecule has 140 valence electrons. The van der Waals surface area contributed by atoms with Gasteiger partial charge in [-0.1, -0.05) is 42.5 Å². The lowest BCUT2D eigenvalue weighted by molar-refractivity contribution is -0.119. The Balaban J connectivity index is 1.77. The van der Waals surface area contributed by atoms with Crippen molar-refractivity contribution in [3.05, 3.63) is 89.2 Å². The fourth-order valence-corrected chi connectivity index (χ4v) is 4.09. The number of hydrogen-bond acceptors (Lipinski definition) is 5. The molecule has 0 N–H and O–H groups in total. The van der Waals surface area contributed by atoms with E-state index < -0.39 is 0 Å². The molecule has 0 saturated carbocycles. The summed E-state index contributed by atoms with van der Waals surface area (Å²) in [5.41, 5.74) is 1.54. The summed E-state index contributed by atoms with van der Waals surface area (Å²) in [6.07, 6.45) is 1.59. The number of amides is 2. The van der Waals surface area contributed by atoms with Crippen LogP contribution in [0, 0.1) is 0 Å². The topological polar surface area (TPSA) is 59.8 Å². The zero-order valence-electron chi connectivity index (χ0n) is 15.1. The molecule has 0 atom stereocenters. The second kappa shape index (κ2) is 7.78. The van der Waals surface area contributed by atoms with E-state index in [1.54, 1.807) is 36.6 Å². The summed E-state index contributed by atoms with van der Waals surface area (Å²) in [5.74, 6) is 0.944. The number of ether oxygens (including phenoxy) is 1. The number of rotatable bonds is 6. The van der Waals surface area contributed by atoms with E-state index in [1.807, 2.05) is 36.4 Å². The molecule has 2 heterocycles. The van der Waals surface area contributed by atoms with Crippen molar-refractivity contribution in [3.8, 4) is 5.75 Å². The Labute approximate surface area is 166 Å². The number of anilines is 1. The molecule has 0 saturated heterocycles. The van der Waals surface area contributed by atoms with Gasteiger partial charge in [-0.2, -0.15) is 0 Å². The van der Waals surface area contributed by atoms with Crippen molar-refractivity contribution in [2.75, 3.05) is 12.0 Å². The maximum absolute atomic E-state index is 13.3. The summed E-state index contributed by atoms with van der Waals surface area (Å²) in [5, 5.41) is 0. The summed E-state index contributed by atoms with van der Waals surface area (Å²) in [6.45, 7) is 0. The number of hydrogen-bond donors (Lipinski definition) is 0. The van der Waals surface area contributed by atoms with Crippen molar-refractivity contribution >= 4 is 34.8 Å². The van der Waals surface area contributed by atoms with Crippen LogP contribution in [0.3, 0.4) is 0 Å². The van der Waals surface area contributed by atoms with Crippen molar-refractivity contribution in [3.63, 3.8) is 0 Å². The average Bonchev–Trinajstić information content (AvgIpc) is 3.33. The minimum atomic E-state index is -0.359. The highest BCUT2D eigenvalue weighted by Crippen LogP contribution is 2.41. The van der Waals surface area contributed by atoms with E-state index in [2.05, 4.69) is 0 Å². The SMILES string of the molecule is COc1ccccc1N1C(=O)C(SCc2ccco2)=C(c2ccccc2)C1=O. The summed E-state index contributed by atoms with van der Waals surface area (Å²) < 4.78 is 10.7. The number of carbonyl (C=O) groups is 2. The Morgan fingerprint density at radius 1 is 0.929 bits per heavy atom. The molecule has 1 aliphatic heterocycles. The molecule has 6 heteroatoms.